The Morgan fingerprint density at radius 1 is 1.09 bits per heavy atom. The van der Waals surface area contributed by atoms with Gasteiger partial charge in [-0.05, 0) is 25.2 Å². The van der Waals surface area contributed by atoms with Crippen molar-refractivity contribution in [1.82, 2.24) is 9.97 Å². The average molecular weight is 296 g/mol. The molecule has 2 N–H and O–H groups in total. The lowest BCUT2D eigenvalue weighted by molar-refractivity contribution is 0.606. The van der Waals surface area contributed by atoms with Crippen molar-refractivity contribution in [2.75, 3.05) is 17.2 Å². The Kier molecular flexibility index (Phi) is 4.56. The van der Waals surface area contributed by atoms with Gasteiger partial charge in [-0.15, -0.1) is 0 Å². The number of nitrogens with one attached hydrogen (secondary N) is 2. The fourth-order valence-corrected chi connectivity index (χ4v) is 2.25. The van der Waals surface area contributed by atoms with Crippen LogP contribution in [0.1, 0.15) is 33.1 Å². The molecule has 116 valence electrons. The predicted octanol–water partition coefficient (Wildman–Crippen LogP) is 4.18. The molecule has 1 saturated carbocycles. The Morgan fingerprint density at radius 3 is 2.50 bits per heavy atom. The summed E-state index contributed by atoms with van der Waals surface area (Å²) in [6.07, 6.45) is 3.61. The number of rotatable bonds is 7. The van der Waals surface area contributed by atoms with Crippen molar-refractivity contribution in [3.05, 3.63) is 36.4 Å². The van der Waals surface area contributed by atoms with Gasteiger partial charge < -0.3 is 10.6 Å². The normalized spacial score (nSPS) is 14.1. The molecule has 1 aliphatic rings. The average Bonchev–Trinajstić information content (AvgIpc) is 3.31. The molecule has 4 nitrogen and oxygen atoms in total. The van der Waals surface area contributed by atoms with Crippen molar-refractivity contribution < 1.29 is 0 Å². The summed E-state index contributed by atoms with van der Waals surface area (Å²) in [4.78, 5) is 9.33. The maximum Gasteiger partial charge on any atom is 0.163 e. The SMILES string of the molecule is CC(C)CCNc1cc(NC2CC2)nc(-c2ccccc2)n1. The molecular weight excluding hydrogens is 272 g/mol. The van der Waals surface area contributed by atoms with Crippen LogP contribution >= 0.6 is 0 Å². The molecule has 1 aliphatic carbocycles. The fraction of sp³-hybridized carbons (Fsp3) is 0.444. The van der Waals surface area contributed by atoms with Crippen LogP contribution in [0.5, 0.6) is 0 Å². The molecule has 0 bridgehead atoms. The third kappa shape index (κ3) is 4.20. The van der Waals surface area contributed by atoms with Gasteiger partial charge in [-0.25, -0.2) is 9.97 Å². The molecule has 4 heteroatoms. The van der Waals surface area contributed by atoms with Crippen LogP contribution in [-0.2, 0) is 0 Å². The van der Waals surface area contributed by atoms with Crippen molar-refractivity contribution in [3.63, 3.8) is 0 Å². The zero-order valence-corrected chi connectivity index (χ0v) is 13.3. The summed E-state index contributed by atoms with van der Waals surface area (Å²) in [6, 6.07) is 12.8. The van der Waals surface area contributed by atoms with E-state index in [2.05, 4.69) is 34.4 Å². The van der Waals surface area contributed by atoms with Gasteiger partial charge in [-0.3, -0.25) is 0 Å². The van der Waals surface area contributed by atoms with E-state index in [9.17, 15) is 0 Å². The minimum atomic E-state index is 0.585. The number of hydrogen-bond donors (Lipinski definition) is 2. The van der Waals surface area contributed by atoms with E-state index in [-0.39, 0.29) is 0 Å². The number of hydrogen-bond acceptors (Lipinski definition) is 4. The van der Waals surface area contributed by atoms with Crippen LogP contribution in [0.4, 0.5) is 11.6 Å². The van der Waals surface area contributed by atoms with Crippen molar-refractivity contribution in [2.45, 2.75) is 39.2 Å². The lowest BCUT2D eigenvalue weighted by Crippen LogP contribution is -2.10. The molecule has 1 fully saturated rings. The molecule has 1 heterocycles. The predicted molar refractivity (Wildman–Crippen MR) is 92.1 cm³/mol. The number of anilines is 2. The van der Waals surface area contributed by atoms with Crippen LogP contribution in [0, 0.1) is 5.92 Å². The fourth-order valence-electron chi connectivity index (χ4n) is 2.25. The second kappa shape index (κ2) is 6.77. The van der Waals surface area contributed by atoms with E-state index in [1.807, 2.05) is 36.4 Å². The zero-order valence-electron chi connectivity index (χ0n) is 13.3. The number of aromatic nitrogens is 2. The topological polar surface area (TPSA) is 49.8 Å². The van der Waals surface area contributed by atoms with E-state index in [1.165, 1.54) is 12.8 Å². The second-order valence-corrected chi connectivity index (χ2v) is 6.36. The van der Waals surface area contributed by atoms with Gasteiger partial charge >= 0.3 is 0 Å². The van der Waals surface area contributed by atoms with Gasteiger partial charge in [-0.2, -0.15) is 0 Å². The summed E-state index contributed by atoms with van der Waals surface area (Å²) in [5.41, 5.74) is 1.05. The van der Waals surface area contributed by atoms with Crippen molar-refractivity contribution in [3.8, 4) is 11.4 Å². The van der Waals surface area contributed by atoms with E-state index in [1.54, 1.807) is 0 Å². The smallest absolute Gasteiger partial charge is 0.163 e. The van der Waals surface area contributed by atoms with Crippen LogP contribution in [0.25, 0.3) is 11.4 Å². The second-order valence-electron chi connectivity index (χ2n) is 6.36. The van der Waals surface area contributed by atoms with Gasteiger partial charge in [-0.1, -0.05) is 44.2 Å². The summed E-state index contributed by atoms with van der Waals surface area (Å²) in [5, 5.41) is 6.90. The first-order chi connectivity index (χ1) is 10.7. The van der Waals surface area contributed by atoms with Gasteiger partial charge in [0.1, 0.15) is 11.6 Å². The van der Waals surface area contributed by atoms with Gasteiger partial charge in [0.2, 0.25) is 0 Å². The van der Waals surface area contributed by atoms with E-state index in [0.29, 0.717) is 12.0 Å². The Labute approximate surface area is 132 Å². The van der Waals surface area contributed by atoms with Crippen molar-refractivity contribution >= 4 is 11.6 Å². The van der Waals surface area contributed by atoms with Crippen LogP contribution in [0.15, 0.2) is 36.4 Å². The van der Waals surface area contributed by atoms with Crippen LogP contribution < -0.4 is 10.6 Å². The highest BCUT2D eigenvalue weighted by molar-refractivity contribution is 5.61. The maximum absolute atomic E-state index is 4.67. The van der Waals surface area contributed by atoms with Gasteiger partial charge in [0, 0.05) is 24.2 Å². The lowest BCUT2D eigenvalue weighted by atomic mass is 10.1. The molecule has 2 aromatic rings. The molecular formula is C18H24N4. The quantitative estimate of drug-likeness (QED) is 0.805. The van der Waals surface area contributed by atoms with Crippen molar-refractivity contribution in [1.29, 1.82) is 0 Å². The molecule has 0 saturated heterocycles. The standard InChI is InChI=1S/C18H24N4/c1-13(2)10-11-19-16-12-17(20-15-8-9-15)22-18(21-16)14-6-4-3-5-7-14/h3-7,12-13,15H,8-11H2,1-2H3,(H2,19,20,21,22). The molecule has 0 amide bonds. The highest BCUT2D eigenvalue weighted by Crippen LogP contribution is 2.26. The molecule has 1 aromatic carbocycles. The molecule has 0 atom stereocenters. The molecule has 0 radical (unpaired) electrons. The Morgan fingerprint density at radius 2 is 1.82 bits per heavy atom. The number of nitrogens with zero attached hydrogens (tertiary/aromatic N) is 2. The lowest BCUT2D eigenvalue weighted by Gasteiger charge is -2.12. The third-order valence-electron chi connectivity index (χ3n) is 3.72. The monoisotopic (exact) mass is 296 g/mol. The van der Waals surface area contributed by atoms with Gasteiger partial charge in [0.15, 0.2) is 5.82 Å². The number of benzene rings is 1. The molecule has 0 spiro atoms. The highest BCUT2D eigenvalue weighted by atomic mass is 15.1. The first-order valence-electron chi connectivity index (χ1n) is 8.15. The Hall–Kier alpha value is -2.10. The molecule has 1 aromatic heterocycles. The van der Waals surface area contributed by atoms with E-state index in [0.717, 1.165) is 36.0 Å². The van der Waals surface area contributed by atoms with E-state index >= 15 is 0 Å². The van der Waals surface area contributed by atoms with Crippen LogP contribution in [0.3, 0.4) is 0 Å². The minimum absolute atomic E-state index is 0.585. The Balaban J connectivity index is 1.81. The first kappa shape index (κ1) is 14.8. The summed E-state index contributed by atoms with van der Waals surface area (Å²) >= 11 is 0. The summed E-state index contributed by atoms with van der Waals surface area (Å²) in [7, 11) is 0. The van der Waals surface area contributed by atoms with E-state index in [4.69, 9.17) is 0 Å². The first-order valence-corrected chi connectivity index (χ1v) is 8.15. The van der Waals surface area contributed by atoms with Gasteiger partial charge in [0.05, 0.1) is 0 Å². The summed E-state index contributed by atoms with van der Waals surface area (Å²) < 4.78 is 0. The van der Waals surface area contributed by atoms with Gasteiger partial charge in [0.25, 0.3) is 0 Å². The third-order valence-corrected chi connectivity index (χ3v) is 3.72. The molecule has 3 rings (SSSR count). The highest BCUT2D eigenvalue weighted by Gasteiger charge is 2.22. The van der Waals surface area contributed by atoms with Crippen LogP contribution in [0.2, 0.25) is 0 Å². The van der Waals surface area contributed by atoms with E-state index < -0.39 is 0 Å². The minimum Gasteiger partial charge on any atom is -0.370 e. The van der Waals surface area contributed by atoms with Crippen LogP contribution in [-0.4, -0.2) is 22.6 Å². The molecule has 22 heavy (non-hydrogen) atoms. The molecule has 0 aliphatic heterocycles. The molecule has 0 unspecified atom stereocenters. The zero-order chi connectivity index (χ0) is 15.4. The maximum atomic E-state index is 4.67. The largest absolute Gasteiger partial charge is 0.370 e. The summed E-state index contributed by atoms with van der Waals surface area (Å²) in [6.45, 7) is 5.40. The summed E-state index contributed by atoms with van der Waals surface area (Å²) in [5.74, 6) is 3.28. The van der Waals surface area contributed by atoms with Crippen molar-refractivity contribution in [2.24, 2.45) is 5.92 Å². The Bertz CT molecular complexity index is 606.